The molecule has 2 rings (SSSR count). The van der Waals surface area contributed by atoms with Crippen LogP contribution in [0.2, 0.25) is 0 Å². The van der Waals surface area contributed by atoms with Crippen LogP contribution in [0.4, 0.5) is 0 Å². The maximum atomic E-state index is 12.2. The van der Waals surface area contributed by atoms with E-state index in [2.05, 4.69) is 10.6 Å². The van der Waals surface area contributed by atoms with Crippen LogP contribution >= 0.6 is 0 Å². The zero-order valence-electron chi connectivity index (χ0n) is 12.7. The van der Waals surface area contributed by atoms with Crippen molar-refractivity contribution >= 4 is 5.91 Å². The summed E-state index contributed by atoms with van der Waals surface area (Å²) in [5.74, 6) is 0.299. The predicted molar refractivity (Wildman–Crippen MR) is 78.1 cm³/mol. The SMILES string of the molecule is CC(C)(C)C(=O)N1CCC(NC2CCNCC2)CC1. The molecule has 0 saturated carbocycles. The lowest BCUT2D eigenvalue weighted by atomic mass is 9.92. The van der Waals surface area contributed by atoms with E-state index in [-0.39, 0.29) is 5.41 Å². The van der Waals surface area contributed by atoms with Crippen LogP contribution in [-0.4, -0.2) is 49.1 Å². The summed E-state index contributed by atoms with van der Waals surface area (Å²) in [5, 5.41) is 7.18. The maximum Gasteiger partial charge on any atom is 0.227 e. The second-order valence-corrected chi connectivity index (χ2v) is 7.01. The maximum absolute atomic E-state index is 12.2. The summed E-state index contributed by atoms with van der Waals surface area (Å²) in [6, 6.07) is 1.28. The first-order valence-electron chi connectivity index (χ1n) is 7.73. The highest BCUT2D eigenvalue weighted by Gasteiger charge is 2.30. The van der Waals surface area contributed by atoms with E-state index in [1.54, 1.807) is 0 Å². The van der Waals surface area contributed by atoms with Gasteiger partial charge in [-0.1, -0.05) is 20.8 Å². The van der Waals surface area contributed by atoms with Gasteiger partial charge in [0.2, 0.25) is 5.91 Å². The highest BCUT2D eigenvalue weighted by molar-refractivity contribution is 5.81. The zero-order chi connectivity index (χ0) is 13.9. The van der Waals surface area contributed by atoms with Crippen molar-refractivity contribution in [2.24, 2.45) is 5.41 Å². The van der Waals surface area contributed by atoms with Gasteiger partial charge in [-0.05, 0) is 38.8 Å². The summed E-state index contributed by atoms with van der Waals surface area (Å²) in [5.41, 5.74) is -0.241. The van der Waals surface area contributed by atoms with E-state index >= 15 is 0 Å². The number of carbonyl (C=O) groups excluding carboxylic acids is 1. The Balaban J connectivity index is 1.74. The van der Waals surface area contributed by atoms with Gasteiger partial charge in [0, 0.05) is 30.6 Å². The van der Waals surface area contributed by atoms with E-state index < -0.39 is 0 Å². The number of hydrogen-bond acceptors (Lipinski definition) is 3. The number of rotatable bonds is 2. The average molecular weight is 267 g/mol. The Morgan fingerprint density at radius 1 is 1.05 bits per heavy atom. The van der Waals surface area contributed by atoms with Gasteiger partial charge in [-0.3, -0.25) is 4.79 Å². The van der Waals surface area contributed by atoms with Crippen LogP contribution < -0.4 is 10.6 Å². The lowest BCUT2D eigenvalue weighted by Crippen LogP contribution is -2.51. The number of hydrogen-bond donors (Lipinski definition) is 2. The number of nitrogens with one attached hydrogen (secondary N) is 2. The lowest BCUT2D eigenvalue weighted by Gasteiger charge is -2.38. The number of carbonyl (C=O) groups is 1. The van der Waals surface area contributed by atoms with Crippen molar-refractivity contribution in [2.45, 2.75) is 58.5 Å². The van der Waals surface area contributed by atoms with Crippen molar-refractivity contribution < 1.29 is 4.79 Å². The Morgan fingerprint density at radius 2 is 1.58 bits per heavy atom. The van der Waals surface area contributed by atoms with Gasteiger partial charge in [0.25, 0.3) is 0 Å². The van der Waals surface area contributed by atoms with Crippen LogP contribution in [0.3, 0.4) is 0 Å². The highest BCUT2D eigenvalue weighted by atomic mass is 16.2. The van der Waals surface area contributed by atoms with Crippen molar-refractivity contribution in [2.75, 3.05) is 26.2 Å². The highest BCUT2D eigenvalue weighted by Crippen LogP contribution is 2.21. The van der Waals surface area contributed by atoms with Crippen LogP contribution in [0.15, 0.2) is 0 Å². The number of likely N-dealkylation sites (tertiary alicyclic amines) is 1. The molecule has 0 unspecified atom stereocenters. The third-order valence-electron chi connectivity index (χ3n) is 4.23. The summed E-state index contributed by atoms with van der Waals surface area (Å²) in [7, 11) is 0. The smallest absolute Gasteiger partial charge is 0.227 e. The normalized spacial score (nSPS) is 23.6. The van der Waals surface area contributed by atoms with Gasteiger partial charge in [-0.15, -0.1) is 0 Å². The zero-order valence-corrected chi connectivity index (χ0v) is 12.7. The molecule has 0 aromatic heterocycles. The summed E-state index contributed by atoms with van der Waals surface area (Å²) < 4.78 is 0. The quantitative estimate of drug-likeness (QED) is 0.794. The first kappa shape index (κ1) is 14.8. The van der Waals surface area contributed by atoms with E-state index in [1.807, 2.05) is 25.7 Å². The second-order valence-electron chi connectivity index (χ2n) is 7.01. The molecule has 0 aromatic carbocycles. The summed E-state index contributed by atoms with van der Waals surface area (Å²) >= 11 is 0. The Bertz CT molecular complexity index is 297. The number of piperidine rings is 2. The standard InChI is InChI=1S/C15H29N3O/c1-15(2,3)14(19)18-10-6-13(7-11-18)17-12-4-8-16-9-5-12/h12-13,16-17H,4-11H2,1-3H3. The van der Waals surface area contributed by atoms with Crippen LogP contribution in [0.25, 0.3) is 0 Å². The van der Waals surface area contributed by atoms with Crippen molar-refractivity contribution in [1.29, 1.82) is 0 Å². The van der Waals surface area contributed by atoms with Crippen molar-refractivity contribution in [3.8, 4) is 0 Å². The fraction of sp³-hybridized carbons (Fsp3) is 0.933. The summed E-state index contributed by atoms with van der Waals surface area (Å²) in [6.07, 6.45) is 4.68. The Labute approximate surface area is 117 Å². The first-order chi connectivity index (χ1) is 8.97. The van der Waals surface area contributed by atoms with Crippen LogP contribution in [-0.2, 0) is 4.79 Å². The van der Waals surface area contributed by atoms with Crippen LogP contribution in [0.5, 0.6) is 0 Å². The predicted octanol–water partition coefficient (Wildman–Crippen LogP) is 1.37. The molecule has 0 atom stereocenters. The molecule has 0 aliphatic carbocycles. The molecule has 0 aromatic rings. The molecule has 2 heterocycles. The van der Waals surface area contributed by atoms with E-state index in [0.717, 1.165) is 39.0 Å². The molecule has 1 amide bonds. The van der Waals surface area contributed by atoms with Crippen molar-refractivity contribution in [1.82, 2.24) is 15.5 Å². The molecule has 4 nitrogen and oxygen atoms in total. The van der Waals surface area contributed by atoms with Crippen LogP contribution in [0.1, 0.15) is 46.5 Å². The molecule has 19 heavy (non-hydrogen) atoms. The molecule has 0 bridgehead atoms. The number of amides is 1. The van der Waals surface area contributed by atoms with E-state index in [0.29, 0.717) is 18.0 Å². The third-order valence-corrected chi connectivity index (χ3v) is 4.23. The van der Waals surface area contributed by atoms with Crippen molar-refractivity contribution in [3.63, 3.8) is 0 Å². The minimum absolute atomic E-state index is 0.241. The molecular weight excluding hydrogens is 238 g/mol. The molecule has 2 fully saturated rings. The summed E-state index contributed by atoms with van der Waals surface area (Å²) in [6.45, 7) is 10.1. The average Bonchev–Trinajstić information content (AvgIpc) is 2.39. The third kappa shape index (κ3) is 4.18. The molecule has 2 aliphatic rings. The van der Waals surface area contributed by atoms with Gasteiger partial charge in [0.05, 0.1) is 0 Å². The summed E-state index contributed by atoms with van der Waals surface area (Å²) in [4.78, 5) is 14.3. The lowest BCUT2D eigenvalue weighted by molar-refractivity contribution is -0.140. The fourth-order valence-electron chi connectivity index (χ4n) is 3.05. The molecule has 0 spiro atoms. The van der Waals surface area contributed by atoms with E-state index in [9.17, 15) is 4.79 Å². The monoisotopic (exact) mass is 267 g/mol. The van der Waals surface area contributed by atoms with Crippen LogP contribution in [0, 0.1) is 5.41 Å². The molecule has 110 valence electrons. The van der Waals surface area contributed by atoms with Gasteiger partial charge in [0.1, 0.15) is 0 Å². The Hall–Kier alpha value is -0.610. The van der Waals surface area contributed by atoms with Gasteiger partial charge in [0.15, 0.2) is 0 Å². The van der Waals surface area contributed by atoms with E-state index in [4.69, 9.17) is 0 Å². The molecule has 0 radical (unpaired) electrons. The Kier molecular flexibility index (Phi) is 4.85. The van der Waals surface area contributed by atoms with Gasteiger partial charge in [-0.2, -0.15) is 0 Å². The van der Waals surface area contributed by atoms with Gasteiger partial charge in [-0.25, -0.2) is 0 Å². The van der Waals surface area contributed by atoms with Gasteiger partial charge < -0.3 is 15.5 Å². The largest absolute Gasteiger partial charge is 0.342 e. The molecule has 2 saturated heterocycles. The molecular formula is C15H29N3O. The second kappa shape index (κ2) is 6.23. The molecule has 2 N–H and O–H groups in total. The minimum Gasteiger partial charge on any atom is -0.342 e. The fourth-order valence-corrected chi connectivity index (χ4v) is 3.05. The topological polar surface area (TPSA) is 44.4 Å². The van der Waals surface area contributed by atoms with Crippen molar-refractivity contribution in [3.05, 3.63) is 0 Å². The Morgan fingerprint density at radius 3 is 2.11 bits per heavy atom. The minimum atomic E-state index is -0.241. The molecule has 4 heteroatoms. The number of nitrogens with zero attached hydrogens (tertiary/aromatic N) is 1. The molecule has 2 aliphatic heterocycles. The van der Waals surface area contributed by atoms with E-state index in [1.165, 1.54) is 12.8 Å². The first-order valence-corrected chi connectivity index (χ1v) is 7.73. The van der Waals surface area contributed by atoms with Gasteiger partial charge >= 0.3 is 0 Å².